The minimum Gasteiger partial charge on any atom is -0.394 e. The molecule has 0 rings (SSSR count). The second-order valence-electron chi connectivity index (χ2n) is 3.44. The van der Waals surface area contributed by atoms with Gasteiger partial charge in [-0.2, -0.15) is 0 Å². The summed E-state index contributed by atoms with van der Waals surface area (Å²) in [5.41, 5.74) is 0. The van der Waals surface area contributed by atoms with E-state index in [1.807, 2.05) is 0 Å². The van der Waals surface area contributed by atoms with Crippen molar-refractivity contribution in [2.45, 2.75) is 31.3 Å². The smallest absolute Gasteiger partial charge is 0.381 e. The number of carbonyl (C=O) groups is 3. The van der Waals surface area contributed by atoms with Gasteiger partial charge in [-0.3, -0.25) is 4.79 Å². The van der Waals surface area contributed by atoms with Gasteiger partial charge in [0.1, 0.15) is 18.3 Å². The lowest BCUT2D eigenvalue weighted by atomic mass is 10.0. The van der Waals surface area contributed by atoms with Crippen molar-refractivity contribution in [1.82, 2.24) is 0 Å². The Morgan fingerprint density at radius 1 is 1.06 bits per heavy atom. The molecule has 9 nitrogen and oxygen atoms in total. The molecule has 0 aromatic carbocycles. The predicted molar refractivity (Wildman–Crippen MR) is 52.9 cm³/mol. The van der Waals surface area contributed by atoms with Crippen LogP contribution in [0.5, 0.6) is 0 Å². The zero-order valence-corrected chi connectivity index (χ0v) is 9.39. The standard InChI is InChI=1S/C9H14O9/c1-3(11)8(16)18-9(17)7(15)6(14)5(13)4(12)2-10/h4-7,10,12-15H,2H2,1H3/t4-,5-,6+,7-/m1/s1. The van der Waals surface area contributed by atoms with Gasteiger partial charge in [-0.15, -0.1) is 0 Å². The van der Waals surface area contributed by atoms with E-state index in [0.717, 1.165) is 6.92 Å². The van der Waals surface area contributed by atoms with Crippen LogP contribution in [0.1, 0.15) is 6.92 Å². The first kappa shape index (κ1) is 16.6. The molecule has 0 saturated carbocycles. The number of rotatable bonds is 6. The fourth-order valence-corrected chi connectivity index (χ4v) is 0.885. The van der Waals surface area contributed by atoms with Gasteiger partial charge in [-0.25, -0.2) is 9.59 Å². The molecule has 0 spiro atoms. The third-order valence-electron chi connectivity index (χ3n) is 1.98. The number of hydrogen-bond donors (Lipinski definition) is 5. The van der Waals surface area contributed by atoms with Crippen LogP contribution in [-0.4, -0.2) is 74.3 Å². The minimum absolute atomic E-state index is 0.822. The van der Waals surface area contributed by atoms with Crippen LogP contribution >= 0.6 is 0 Å². The third kappa shape index (κ3) is 4.47. The van der Waals surface area contributed by atoms with E-state index in [-0.39, 0.29) is 0 Å². The Labute approximate surface area is 101 Å². The average molecular weight is 266 g/mol. The second kappa shape index (κ2) is 7.13. The number of ketones is 1. The van der Waals surface area contributed by atoms with Gasteiger partial charge in [-0.05, 0) is 0 Å². The molecule has 0 aliphatic carbocycles. The van der Waals surface area contributed by atoms with Crippen molar-refractivity contribution < 1.29 is 44.7 Å². The highest BCUT2D eigenvalue weighted by molar-refractivity contribution is 6.34. The number of Topliss-reactive ketones (excluding diaryl/α,β-unsaturated/α-hetero) is 1. The fourth-order valence-electron chi connectivity index (χ4n) is 0.885. The molecule has 0 aliphatic heterocycles. The highest BCUT2D eigenvalue weighted by Crippen LogP contribution is 2.06. The molecule has 0 heterocycles. The summed E-state index contributed by atoms with van der Waals surface area (Å²) in [6, 6.07) is 0. The summed E-state index contributed by atoms with van der Waals surface area (Å²) in [5.74, 6) is -4.30. The van der Waals surface area contributed by atoms with Gasteiger partial charge >= 0.3 is 11.9 Å². The van der Waals surface area contributed by atoms with Crippen LogP contribution in [0.3, 0.4) is 0 Å². The zero-order chi connectivity index (χ0) is 14.5. The summed E-state index contributed by atoms with van der Waals surface area (Å²) < 4.78 is 3.87. The first-order valence-corrected chi connectivity index (χ1v) is 4.82. The number of carbonyl (C=O) groups excluding carboxylic acids is 3. The van der Waals surface area contributed by atoms with Crippen LogP contribution in [-0.2, 0) is 19.1 Å². The maximum Gasteiger partial charge on any atom is 0.381 e. The first-order valence-electron chi connectivity index (χ1n) is 4.82. The molecule has 4 atom stereocenters. The summed E-state index contributed by atoms with van der Waals surface area (Å²) in [7, 11) is 0. The number of esters is 2. The predicted octanol–water partition coefficient (Wildman–Crippen LogP) is -3.92. The summed E-state index contributed by atoms with van der Waals surface area (Å²) in [4.78, 5) is 32.2. The van der Waals surface area contributed by atoms with Crippen LogP contribution in [0.15, 0.2) is 0 Å². The van der Waals surface area contributed by atoms with Gasteiger partial charge in [0, 0.05) is 6.92 Å². The van der Waals surface area contributed by atoms with Crippen LogP contribution in [0, 0.1) is 0 Å². The lowest BCUT2D eigenvalue weighted by molar-refractivity contribution is -0.178. The molecule has 0 saturated heterocycles. The average Bonchev–Trinajstić information content (AvgIpc) is 2.34. The molecule has 0 aliphatic rings. The fraction of sp³-hybridized carbons (Fsp3) is 0.667. The number of aliphatic hydroxyl groups is 5. The molecule has 0 unspecified atom stereocenters. The highest BCUT2D eigenvalue weighted by atomic mass is 16.6. The molecular formula is C9H14O9. The molecule has 0 bridgehead atoms. The molecule has 0 aromatic rings. The molecule has 0 radical (unpaired) electrons. The van der Waals surface area contributed by atoms with E-state index in [0.29, 0.717) is 0 Å². The molecule has 0 amide bonds. The largest absolute Gasteiger partial charge is 0.394 e. The Balaban J connectivity index is 4.54. The lowest BCUT2D eigenvalue weighted by Crippen LogP contribution is -2.49. The van der Waals surface area contributed by atoms with Crippen molar-refractivity contribution in [3.63, 3.8) is 0 Å². The van der Waals surface area contributed by atoms with E-state index < -0.39 is 48.7 Å². The number of aliphatic hydroxyl groups excluding tert-OH is 5. The van der Waals surface area contributed by atoms with E-state index in [9.17, 15) is 24.6 Å². The lowest BCUT2D eigenvalue weighted by Gasteiger charge is -2.23. The summed E-state index contributed by atoms with van der Waals surface area (Å²) >= 11 is 0. The second-order valence-corrected chi connectivity index (χ2v) is 3.44. The minimum atomic E-state index is -2.36. The number of hydrogen-bond acceptors (Lipinski definition) is 9. The summed E-state index contributed by atoms with van der Waals surface area (Å²) in [5, 5.41) is 45.0. The van der Waals surface area contributed by atoms with Gasteiger partial charge in [-0.1, -0.05) is 0 Å². The Morgan fingerprint density at radius 2 is 1.56 bits per heavy atom. The molecule has 5 N–H and O–H groups in total. The maximum absolute atomic E-state index is 11.1. The van der Waals surface area contributed by atoms with Crippen molar-refractivity contribution in [2.24, 2.45) is 0 Å². The van der Waals surface area contributed by atoms with Crippen molar-refractivity contribution in [3.8, 4) is 0 Å². The van der Waals surface area contributed by atoms with Crippen molar-refractivity contribution in [1.29, 1.82) is 0 Å². The van der Waals surface area contributed by atoms with Crippen molar-refractivity contribution >= 4 is 17.7 Å². The molecule has 0 aromatic heterocycles. The molecule has 104 valence electrons. The zero-order valence-electron chi connectivity index (χ0n) is 9.39. The van der Waals surface area contributed by atoms with Crippen LogP contribution in [0.4, 0.5) is 0 Å². The van der Waals surface area contributed by atoms with Crippen LogP contribution in [0.2, 0.25) is 0 Å². The third-order valence-corrected chi connectivity index (χ3v) is 1.98. The topological polar surface area (TPSA) is 162 Å². The van der Waals surface area contributed by atoms with Gasteiger partial charge in [0.15, 0.2) is 6.10 Å². The van der Waals surface area contributed by atoms with Gasteiger partial charge in [0.25, 0.3) is 0 Å². The first-order chi connectivity index (χ1) is 8.22. The van der Waals surface area contributed by atoms with E-state index in [1.165, 1.54) is 0 Å². The van der Waals surface area contributed by atoms with Crippen LogP contribution < -0.4 is 0 Å². The van der Waals surface area contributed by atoms with Crippen molar-refractivity contribution in [2.75, 3.05) is 6.61 Å². The normalized spacial score (nSPS) is 17.4. The quantitative estimate of drug-likeness (QED) is 0.183. The van der Waals surface area contributed by atoms with Gasteiger partial charge in [0.05, 0.1) is 6.61 Å². The molecule has 0 fully saturated rings. The van der Waals surface area contributed by atoms with Gasteiger partial charge in [0.2, 0.25) is 5.78 Å². The Bertz CT molecular complexity index is 326. The van der Waals surface area contributed by atoms with Crippen LogP contribution in [0.25, 0.3) is 0 Å². The Morgan fingerprint density at radius 3 is 1.94 bits per heavy atom. The molecule has 9 heteroatoms. The molecular weight excluding hydrogens is 252 g/mol. The summed E-state index contributed by atoms with van der Waals surface area (Å²) in [6.45, 7) is -0.102. The molecule has 18 heavy (non-hydrogen) atoms. The highest BCUT2D eigenvalue weighted by Gasteiger charge is 2.36. The SMILES string of the molecule is CC(=O)C(=O)OC(=O)[C@H](O)[C@@H](O)[C@H](O)[C@H](O)CO. The monoisotopic (exact) mass is 266 g/mol. The van der Waals surface area contributed by atoms with E-state index in [4.69, 9.17) is 15.3 Å². The summed E-state index contributed by atoms with van der Waals surface area (Å²) in [6.07, 6.45) is -8.39. The van der Waals surface area contributed by atoms with E-state index >= 15 is 0 Å². The Kier molecular flexibility index (Phi) is 6.58. The van der Waals surface area contributed by atoms with Crippen molar-refractivity contribution in [3.05, 3.63) is 0 Å². The number of ether oxygens (including phenoxy) is 1. The Hall–Kier alpha value is -1.39. The van der Waals surface area contributed by atoms with E-state index in [2.05, 4.69) is 4.74 Å². The van der Waals surface area contributed by atoms with E-state index in [1.54, 1.807) is 0 Å². The maximum atomic E-state index is 11.1. The van der Waals surface area contributed by atoms with Gasteiger partial charge < -0.3 is 30.3 Å².